The van der Waals surface area contributed by atoms with Crippen LogP contribution < -0.4 is 0 Å². The molecule has 0 saturated heterocycles. The van der Waals surface area contributed by atoms with Crippen molar-refractivity contribution in [3.8, 4) is 22.9 Å². The number of aromatic nitrogens is 3. The number of aromatic hydroxyl groups is 2. The Labute approximate surface area is 183 Å². The molecule has 0 unspecified atom stereocenters. The zero-order chi connectivity index (χ0) is 22.2. The molecule has 2 N–H and O–H groups in total. The molecule has 5 aromatic rings. The normalized spacial score (nSPS) is 11.3. The third-order valence-corrected chi connectivity index (χ3v) is 5.39. The number of halogens is 1. The van der Waals surface area contributed by atoms with Gasteiger partial charge in [0.1, 0.15) is 11.5 Å². The number of hydrogen-bond donors (Lipinski definition) is 2. The minimum Gasteiger partial charge on any atom is -0.505 e. The van der Waals surface area contributed by atoms with E-state index in [0.717, 1.165) is 11.1 Å². The molecular formula is C25H20FN3O3. The number of phenolic OH excluding ortho intramolecular Hbond substituents is 1. The highest BCUT2D eigenvalue weighted by molar-refractivity contribution is 5.68. The molecule has 2 aromatic carbocycles. The zero-order valence-corrected chi connectivity index (χ0v) is 17.3. The molecule has 3 heterocycles. The van der Waals surface area contributed by atoms with E-state index < -0.39 is 11.6 Å². The lowest BCUT2D eigenvalue weighted by atomic mass is 10.1. The maximum Gasteiger partial charge on any atom is 0.220 e. The molecule has 0 amide bonds. The van der Waals surface area contributed by atoms with Crippen molar-refractivity contribution in [1.29, 1.82) is 0 Å². The summed E-state index contributed by atoms with van der Waals surface area (Å²) in [5.41, 5.74) is 4.03. The van der Waals surface area contributed by atoms with Gasteiger partial charge in [0.25, 0.3) is 0 Å². The number of hydrogen-bond acceptors (Lipinski definition) is 5. The van der Waals surface area contributed by atoms with Crippen LogP contribution >= 0.6 is 0 Å². The quantitative estimate of drug-likeness (QED) is 0.409. The maximum absolute atomic E-state index is 14.7. The lowest BCUT2D eigenvalue weighted by Gasteiger charge is -2.11. The highest BCUT2D eigenvalue weighted by Gasteiger charge is 2.22. The van der Waals surface area contributed by atoms with E-state index in [1.165, 1.54) is 28.8 Å². The standard InChI is InChI=1S/C25H20FN3O3/c1-15-5-2-6-16(11-15)12-19-24-28-20(13-17-7-4-10-32-17)25(31)29(24)21(14-27-19)18-8-3-9-22(30)23(18)26/h2-11,14,30-31H,12-13H2,1H3. The van der Waals surface area contributed by atoms with Gasteiger partial charge in [0.05, 0.1) is 30.3 Å². The van der Waals surface area contributed by atoms with Crippen LogP contribution in [0.3, 0.4) is 0 Å². The number of fused-ring (bicyclic) bond motifs is 1. The van der Waals surface area contributed by atoms with Crippen molar-refractivity contribution in [2.75, 3.05) is 0 Å². The van der Waals surface area contributed by atoms with Crippen molar-refractivity contribution in [1.82, 2.24) is 14.4 Å². The van der Waals surface area contributed by atoms with Gasteiger partial charge in [-0.2, -0.15) is 0 Å². The average Bonchev–Trinajstić information content (AvgIpc) is 3.40. The number of imidazole rings is 1. The van der Waals surface area contributed by atoms with E-state index >= 15 is 0 Å². The van der Waals surface area contributed by atoms with Crippen LogP contribution in [-0.4, -0.2) is 24.6 Å². The number of aryl methyl sites for hydroxylation is 1. The van der Waals surface area contributed by atoms with Crippen LogP contribution in [-0.2, 0) is 12.8 Å². The molecule has 32 heavy (non-hydrogen) atoms. The molecule has 5 rings (SSSR count). The first-order valence-corrected chi connectivity index (χ1v) is 10.1. The van der Waals surface area contributed by atoms with Gasteiger partial charge in [-0.1, -0.05) is 35.9 Å². The van der Waals surface area contributed by atoms with Crippen LogP contribution in [0.2, 0.25) is 0 Å². The molecule has 160 valence electrons. The van der Waals surface area contributed by atoms with Gasteiger partial charge in [-0.25, -0.2) is 9.37 Å². The van der Waals surface area contributed by atoms with Crippen LogP contribution in [0.5, 0.6) is 11.6 Å². The van der Waals surface area contributed by atoms with Crippen molar-refractivity contribution in [3.63, 3.8) is 0 Å². The Balaban J connectivity index is 1.71. The molecule has 0 aliphatic carbocycles. The number of phenols is 1. The number of nitrogens with zero attached hydrogens (tertiary/aromatic N) is 3. The SMILES string of the molecule is Cc1cccc(Cc2ncc(-c3cccc(O)c3F)n3c(O)c(Cc4ccco4)nc23)c1. The average molecular weight is 429 g/mol. The summed E-state index contributed by atoms with van der Waals surface area (Å²) in [7, 11) is 0. The van der Waals surface area contributed by atoms with Crippen molar-refractivity contribution < 1.29 is 19.0 Å². The molecule has 0 saturated carbocycles. The van der Waals surface area contributed by atoms with Gasteiger partial charge in [-0.15, -0.1) is 0 Å². The van der Waals surface area contributed by atoms with Gasteiger partial charge in [0.15, 0.2) is 17.2 Å². The van der Waals surface area contributed by atoms with E-state index in [9.17, 15) is 14.6 Å². The van der Waals surface area contributed by atoms with Gasteiger partial charge < -0.3 is 14.6 Å². The van der Waals surface area contributed by atoms with Crippen molar-refractivity contribution in [2.24, 2.45) is 0 Å². The predicted molar refractivity (Wildman–Crippen MR) is 117 cm³/mol. The van der Waals surface area contributed by atoms with E-state index in [0.29, 0.717) is 29.2 Å². The largest absolute Gasteiger partial charge is 0.505 e. The Morgan fingerprint density at radius 2 is 1.84 bits per heavy atom. The van der Waals surface area contributed by atoms with Gasteiger partial charge >= 0.3 is 0 Å². The van der Waals surface area contributed by atoms with E-state index in [1.54, 1.807) is 18.4 Å². The second-order valence-electron chi connectivity index (χ2n) is 7.69. The molecule has 7 heteroatoms. The molecular weight excluding hydrogens is 409 g/mol. The van der Waals surface area contributed by atoms with Gasteiger partial charge in [0, 0.05) is 12.0 Å². The highest BCUT2D eigenvalue weighted by Crippen LogP contribution is 2.34. The first kappa shape index (κ1) is 19.8. The fourth-order valence-electron chi connectivity index (χ4n) is 3.88. The second kappa shape index (κ2) is 7.85. The van der Waals surface area contributed by atoms with Gasteiger partial charge in [-0.3, -0.25) is 9.38 Å². The number of benzene rings is 2. The summed E-state index contributed by atoms with van der Waals surface area (Å²) in [6, 6.07) is 16.0. The Kier molecular flexibility index (Phi) is 4.86. The summed E-state index contributed by atoms with van der Waals surface area (Å²) in [6.07, 6.45) is 3.81. The minimum absolute atomic E-state index is 0.113. The third-order valence-electron chi connectivity index (χ3n) is 5.39. The van der Waals surface area contributed by atoms with E-state index in [1.807, 2.05) is 25.1 Å². The Morgan fingerprint density at radius 3 is 2.62 bits per heavy atom. The lowest BCUT2D eigenvalue weighted by Crippen LogP contribution is -2.02. The van der Waals surface area contributed by atoms with Crippen LogP contribution in [0.1, 0.15) is 28.3 Å². The topological polar surface area (TPSA) is 83.8 Å². The highest BCUT2D eigenvalue weighted by atomic mass is 19.1. The summed E-state index contributed by atoms with van der Waals surface area (Å²) in [5.74, 6) is -0.748. The summed E-state index contributed by atoms with van der Waals surface area (Å²) in [5, 5.41) is 20.9. The lowest BCUT2D eigenvalue weighted by molar-refractivity contribution is 0.431. The fourth-order valence-corrected chi connectivity index (χ4v) is 3.88. The summed E-state index contributed by atoms with van der Waals surface area (Å²) in [6.45, 7) is 2.02. The Hall–Kier alpha value is -4.13. The molecule has 0 atom stereocenters. The van der Waals surface area contributed by atoms with Crippen LogP contribution in [0.25, 0.3) is 16.9 Å². The summed E-state index contributed by atoms with van der Waals surface area (Å²) in [4.78, 5) is 9.21. The predicted octanol–water partition coefficient (Wildman–Crippen LogP) is 5.03. The van der Waals surface area contributed by atoms with Crippen LogP contribution in [0, 0.1) is 12.7 Å². The van der Waals surface area contributed by atoms with Gasteiger partial charge in [-0.05, 0) is 36.8 Å². The molecule has 0 aliphatic rings. The van der Waals surface area contributed by atoms with Crippen LogP contribution in [0.15, 0.2) is 71.5 Å². The molecule has 0 aliphatic heterocycles. The first-order chi connectivity index (χ1) is 15.5. The molecule has 0 fully saturated rings. The van der Waals surface area contributed by atoms with E-state index in [4.69, 9.17) is 4.42 Å². The smallest absolute Gasteiger partial charge is 0.220 e. The van der Waals surface area contributed by atoms with Crippen molar-refractivity contribution in [3.05, 3.63) is 101 Å². The van der Waals surface area contributed by atoms with E-state index in [-0.39, 0.29) is 23.6 Å². The van der Waals surface area contributed by atoms with Crippen molar-refractivity contribution >= 4 is 5.65 Å². The minimum atomic E-state index is -0.789. The molecule has 3 aromatic heterocycles. The Morgan fingerprint density at radius 1 is 1.00 bits per heavy atom. The summed E-state index contributed by atoms with van der Waals surface area (Å²) >= 11 is 0. The number of furan rings is 1. The third kappa shape index (κ3) is 3.47. The molecule has 6 nitrogen and oxygen atoms in total. The fraction of sp³-hybridized carbons (Fsp3) is 0.120. The maximum atomic E-state index is 14.7. The Bertz CT molecular complexity index is 1420. The molecule has 0 spiro atoms. The number of rotatable bonds is 5. The zero-order valence-electron chi connectivity index (χ0n) is 17.3. The van der Waals surface area contributed by atoms with Crippen LogP contribution in [0.4, 0.5) is 4.39 Å². The van der Waals surface area contributed by atoms with Gasteiger partial charge in [0.2, 0.25) is 5.88 Å². The van der Waals surface area contributed by atoms with E-state index in [2.05, 4.69) is 16.0 Å². The molecule has 0 bridgehead atoms. The molecule has 0 radical (unpaired) electrons. The first-order valence-electron chi connectivity index (χ1n) is 10.1. The summed E-state index contributed by atoms with van der Waals surface area (Å²) < 4.78 is 21.6. The monoisotopic (exact) mass is 429 g/mol. The van der Waals surface area contributed by atoms with Crippen molar-refractivity contribution in [2.45, 2.75) is 19.8 Å². The second-order valence-corrected chi connectivity index (χ2v) is 7.69.